The summed E-state index contributed by atoms with van der Waals surface area (Å²) < 4.78 is 32.3. The van der Waals surface area contributed by atoms with Crippen molar-refractivity contribution in [3.8, 4) is 16.9 Å². The molecule has 9 heteroatoms. The van der Waals surface area contributed by atoms with Gasteiger partial charge in [-0.15, -0.1) is 0 Å². The minimum absolute atomic E-state index is 0.329. The zero-order valence-electron chi connectivity index (χ0n) is 18.4. The van der Waals surface area contributed by atoms with Crippen molar-refractivity contribution in [1.29, 1.82) is 0 Å². The Bertz CT molecular complexity index is 1380. The van der Waals surface area contributed by atoms with E-state index in [1.54, 1.807) is 35.9 Å². The van der Waals surface area contributed by atoms with E-state index in [1.165, 1.54) is 0 Å². The molecule has 5 rings (SSSR count). The number of hydrogen-bond acceptors (Lipinski definition) is 6. The molecule has 0 bridgehead atoms. The molecule has 1 aromatic carbocycles. The van der Waals surface area contributed by atoms with Crippen molar-refractivity contribution in [3.63, 3.8) is 0 Å². The van der Waals surface area contributed by atoms with Crippen LogP contribution in [-0.2, 0) is 22.9 Å². The topological polar surface area (TPSA) is 101 Å². The van der Waals surface area contributed by atoms with E-state index in [4.69, 9.17) is 4.74 Å². The summed E-state index contributed by atoms with van der Waals surface area (Å²) >= 11 is 0. The summed E-state index contributed by atoms with van der Waals surface area (Å²) in [6.07, 6.45) is 6.79. The van der Waals surface area contributed by atoms with Crippen LogP contribution in [0.3, 0.4) is 0 Å². The first-order valence-electron chi connectivity index (χ1n) is 11.0. The molecular weight excluding hydrogens is 438 g/mol. The molecule has 1 aliphatic rings. The minimum Gasteiger partial charge on any atom is -0.497 e. The summed E-state index contributed by atoms with van der Waals surface area (Å²) in [6.45, 7) is 1.19. The van der Waals surface area contributed by atoms with E-state index in [-0.39, 0.29) is 0 Å². The van der Waals surface area contributed by atoms with Crippen molar-refractivity contribution in [2.45, 2.75) is 30.6 Å². The normalized spacial score (nSPS) is 14.7. The number of nitrogens with zero attached hydrogens (tertiary/aromatic N) is 4. The molecule has 0 aliphatic carbocycles. The van der Waals surface area contributed by atoms with Crippen LogP contribution in [0.4, 0.5) is 0 Å². The monoisotopic (exact) mass is 463 g/mol. The van der Waals surface area contributed by atoms with Crippen LogP contribution in [0.2, 0.25) is 0 Å². The molecule has 170 valence electrons. The highest BCUT2D eigenvalue weighted by atomic mass is 32.2. The molecule has 1 N–H and O–H groups in total. The lowest BCUT2D eigenvalue weighted by Gasteiger charge is -2.15. The molecule has 4 aromatic rings. The van der Waals surface area contributed by atoms with Crippen molar-refractivity contribution < 1.29 is 13.2 Å². The van der Waals surface area contributed by atoms with Gasteiger partial charge in [0.2, 0.25) is 10.0 Å². The van der Waals surface area contributed by atoms with Gasteiger partial charge in [0.25, 0.3) is 0 Å². The van der Waals surface area contributed by atoms with E-state index in [0.717, 1.165) is 58.8 Å². The minimum atomic E-state index is -3.42. The Hall–Kier alpha value is -3.30. The van der Waals surface area contributed by atoms with Gasteiger partial charge in [0, 0.05) is 49.2 Å². The molecule has 33 heavy (non-hydrogen) atoms. The van der Waals surface area contributed by atoms with Gasteiger partial charge in [0.05, 0.1) is 12.0 Å². The molecule has 1 aliphatic heterocycles. The number of rotatable bonds is 7. The molecule has 1 fully saturated rings. The molecule has 1 saturated heterocycles. The first kappa shape index (κ1) is 21.5. The third-order valence-corrected chi connectivity index (χ3v) is 7.83. The van der Waals surface area contributed by atoms with Crippen LogP contribution in [0.1, 0.15) is 24.4 Å². The second kappa shape index (κ2) is 8.92. The summed E-state index contributed by atoms with van der Waals surface area (Å²) in [7, 11) is -1.77. The largest absolute Gasteiger partial charge is 0.497 e. The van der Waals surface area contributed by atoms with Gasteiger partial charge >= 0.3 is 0 Å². The number of nitrogens with one attached hydrogen (secondary N) is 1. The van der Waals surface area contributed by atoms with Gasteiger partial charge in [-0.05, 0) is 49.1 Å². The van der Waals surface area contributed by atoms with E-state index in [0.29, 0.717) is 24.4 Å². The average molecular weight is 464 g/mol. The number of benzene rings is 1. The lowest BCUT2D eigenvalue weighted by Crippen LogP contribution is -2.27. The molecule has 4 heterocycles. The lowest BCUT2D eigenvalue weighted by atomic mass is 10.1. The summed E-state index contributed by atoms with van der Waals surface area (Å²) in [5, 5.41) is 0. The fraction of sp³-hybridized carbons (Fsp3) is 0.292. The van der Waals surface area contributed by atoms with Gasteiger partial charge in [-0.2, -0.15) is 4.31 Å². The van der Waals surface area contributed by atoms with Crippen LogP contribution in [0.25, 0.3) is 22.3 Å². The van der Waals surface area contributed by atoms with Crippen LogP contribution in [0.15, 0.2) is 59.8 Å². The van der Waals surface area contributed by atoms with Crippen LogP contribution in [0.5, 0.6) is 5.75 Å². The van der Waals surface area contributed by atoms with Gasteiger partial charge in [-0.25, -0.2) is 18.4 Å². The van der Waals surface area contributed by atoms with Crippen LogP contribution < -0.4 is 4.74 Å². The molecule has 0 atom stereocenters. The quantitative estimate of drug-likeness (QED) is 0.449. The van der Waals surface area contributed by atoms with Crippen molar-refractivity contribution >= 4 is 21.2 Å². The van der Waals surface area contributed by atoms with E-state index in [9.17, 15) is 8.42 Å². The second-order valence-electron chi connectivity index (χ2n) is 8.10. The highest BCUT2D eigenvalue weighted by Gasteiger charge is 2.26. The predicted octanol–water partition coefficient (Wildman–Crippen LogP) is 3.60. The average Bonchev–Trinajstić information content (AvgIpc) is 3.53. The van der Waals surface area contributed by atoms with Crippen LogP contribution in [0, 0.1) is 0 Å². The number of ether oxygens (including phenoxy) is 1. The van der Waals surface area contributed by atoms with Gasteiger partial charge in [-0.1, -0.05) is 12.1 Å². The Morgan fingerprint density at radius 1 is 1.00 bits per heavy atom. The van der Waals surface area contributed by atoms with Gasteiger partial charge in [0.15, 0.2) is 5.65 Å². The number of aromatic nitrogens is 4. The summed E-state index contributed by atoms with van der Waals surface area (Å²) in [4.78, 5) is 17.2. The van der Waals surface area contributed by atoms with Crippen molar-refractivity contribution in [2.24, 2.45) is 0 Å². The fourth-order valence-corrected chi connectivity index (χ4v) is 5.60. The molecular formula is C24H25N5O3S. The third kappa shape index (κ3) is 4.46. The van der Waals surface area contributed by atoms with E-state index in [1.807, 2.05) is 30.3 Å². The molecule has 0 amide bonds. The Labute approximate surface area is 192 Å². The highest BCUT2D eigenvalue weighted by molar-refractivity contribution is 7.89. The summed E-state index contributed by atoms with van der Waals surface area (Å²) in [5.74, 6) is 1.63. The van der Waals surface area contributed by atoms with E-state index >= 15 is 0 Å². The number of methoxy groups -OCH3 is 1. The van der Waals surface area contributed by atoms with Crippen LogP contribution >= 0.6 is 0 Å². The first-order valence-corrected chi connectivity index (χ1v) is 12.4. The maximum Gasteiger partial charge on any atom is 0.243 e. The molecule has 8 nitrogen and oxygen atoms in total. The molecule has 0 radical (unpaired) electrons. The van der Waals surface area contributed by atoms with Crippen molar-refractivity contribution in [2.75, 3.05) is 20.2 Å². The third-order valence-electron chi connectivity index (χ3n) is 5.92. The molecule has 0 spiro atoms. The molecule has 3 aromatic heterocycles. The number of sulfonamides is 1. The number of aryl methyl sites for hydroxylation is 2. The smallest absolute Gasteiger partial charge is 0.243 e. The Morgan fingerprint density at radius 3 is 2.55 bits per heavy atom. The first-order chi connectivity index (χ1) is 16.0. The van der Waals surface area contributed by atoms with Crippen molar-refractivity contribution in [1.82, 2.24) is 24.2 Å². The van der Waals surface area contributed by atoms with E-state index < -0.39 is 10.0 Å². The number of hydrogen-bond donors (Lipinski definition) is 1. The predicted molar refractivity (Wildman–Crippen MR) is 126 cm³/mol. The lowest BCUT2D eigenvalue weighted by molar-refractivity contribution is 0.413. The van der Waals surface area contributed by atoms with Gasteiger partial charge in [0.1, 0.15) is 17.1 Å². The zero-order valence-corrected chi connectivity index (χ0v) is 19.2. The number of aromatic amines is 1. The maximum absolute atomic E-state index is 12.7. The zero-order chi connectivity index (χ0) is 22.8. The maximum atomic E-state index is 12.7. The Balaban J connectivity index is 1.33. The number of H-pyrrole nitrogens is 1. The number of pyridine rings is 2. The van der Waals surface area contributed by atoms with E-state index in [2.05, 4.69) is 19.9 Å². The Morgan fingerprint density at radius 2 is 1.79 bits per heavy atom. The fourth-order valence-electron chi connectivity index (χ4n) is 4.08. The van der Waals surface area contributed by atoms with Gasteiger partial charge in [-0.3, -0.25) is 4.98 Å². The van der Waals surface area contributed by atoms with Crippen molar-refractivity contribution in [3.05, 3.63) is 66.4 Å². The summed E-state index contributed by atoms with van der Waals surface area (Å²) in [5.41, 5.74) is 4.22. The SMILES string of the molecule is COc1ccnc(CCc2nc3cc(-c4ccc(S(=O)(=O)N5CCCC5)cc4)cnc3[nH]2)c1. The number of imidazole rings is 1. The highest BCUT2D eigenvalue weighted by Crippen LogP contribution is 2.26. The number of fused-ring (bicyclic) bond motifs is 1. The molecule has 0 saturated carbocycles. The summed E-state index contributed by atoms with van der Waals surface area (Å²) in [6, 6.07) is 12.7. The van der Waals surface area contributed by atoms with Gasteiger partial charge < -0.3 is 9.72 Å². The Kier molecular flexibility index (Phi) is 5.82. The van der Waals surface area contributed by atoms with Crippen LogP contribution in [-0.4, -0.2) is 52.9 Å². The second-order valence-corrected chi connectivity index (χ2v) is 10.0. The molecule has 0 unspecified atom stereocenters. The standard InChI is InChI=1S/C24H25N5O3S/c1-32-20-10-11-25-19(15-20)6-9-23-27-22-14-18(16-26-24(22)28-23)17-4-7-21(8-5-17)33(30,31)29-12-2-3-13-29/h4-5,7-8,10-11,14-16H,2-3,6,9,12-13H2,1H3,(H,26,27,28).